The number of aliphatic imine (C=N–C) groups is 1. The summed E-state index contributed by atoms with van der Waals surface area (Å²) in [5.41, 5.74) is 0.619. The molecule has 0 aliphatic carbocycles. The van der Waals surface area contributed by atoms with Crippen LogP contribution in [0.4, 0.5) is 5.69 Å². The van der Waals surface area contributed by atoms with Crippen LogP contribution in [0.25, 0.3) is 0 Å². The smallest absolute Gasteiger partial charge is 0.222 e. The third kappa shape index (κ3) is 1.61. The van der Waals surface area contributed by atoms with Gasteiger partial charge < -0.3 is 4.90 Å². The Balaban J connectivity index is 1.78. The van der Waals surface area contributed by atoms with Crippen molar-refractivity contribution in [3.8, 4) is 0 Å². The first-order chi connectivity index (χ1) is 9.16. The van der Waals surface area contributed by atoms with E-state index >= 15 is 0 Å². The molecular formula is C14H16N2O2S. The molecule has 3 saturated heterocycles. The fraction of sp³-hybridized carbons (Fsp3) is 0.500. The topological polar surface area (TPSA) is 49.7 Å². The fourth-order valence-electron chi connectivity index (χ4n) is 3.60. The van der Waals surface area contributed by atoms with E-state index in [1.54, 1.807) is 18.2 Å². The summed E-state index contributed by atoms with van der Waals surface area (Å²) in [6.07, 6.45) is 2.21. The van der Waals surface area contributed by atoms with E-state index in [-0.39, 0.29) is 5.92 Å². The molecule has 0 radical (unpaired) electrons. The molecule has 2 bridgehead atoms. The van der Waals surface area contributed by atoms with E-state index in [0.717, 1.165) is 32.5 Å². The Hall–Kier alpha value is -1.20. The number of rotatable bonds is 1. The Morgan fingerprint density at radius 1 is 1.16 bits per heavy atom. The molecule has 0 aromatic heterocycles. The van der Waals surface area contributed by atoms with Crippen LogP contribution in [-0.4, -0.2) is 38.0 Å². The van der Waals surface area contributed by atoms with Gasteiger partial charge in [-0.05, 0) is 44.0 Å². The van der Waals surface area contributed by atoms with E-state index in [1.807, 2.05) is 6.07 Å². The molecular weight excluding hydrogens is 260 g/mol. The van der Waals surface area contributed by atoms with Gasteiger partial charge in [-0.1, -0.05) is 12.1 Å². The third-order valence-electron chi connectivity index (χ3n) is 4.63. The van der Waals surface area contributed by atoms with Gasteiger partial charge in [0.15, 0.2) is 0 Å². The number of fused-ring (bicyclic) bond motifs is 4. The van der Waals surface area contributed by atoms with Crippen molar-refractivity contribution in [3.05, 3.63) is 24.3 Å². The van der Waals surface area contributed by atoms with Crippen molar-refractivity contribution < 1.29 is 8.42 Å². The summed E-state index contributed by atoms with van der Waals surface area (Å²) in [5, 5.41) is 0.420. The highest BCUT2D eigenvalue weighted by atomic mass is 32.2. The van der Waals surface area contributed by atoms with Crippen molar-refractivity contribution in [3.63, 3.8) is 0 Å². The van der Waals surface area contributed by atoms with Gasteiger partial charge in [-0.25, -0.2) is 13.4 Å². The Morgan fingerprint density at radius 2 is 1.89 bits per heavy atom. The van der Waals surface area contributed by atoms with Crippen LogP contribution in [0, 0.1) is 11.8 Å². The molecule has 4 heterocycles. The number of piperidine rings is 3. The molecule has 4 aliphatic heterocycles. The second kappa shape index (κ2) is 3.90. The average Bonchev–Trinajstić information content (AvgIpc) is 2.72. The van der Waals surface area contributed by atoms with Crippen LogP contribution in [0.15, 0.2) is 34.2 Å². The summed E-state index contributed by atoms with van der Waals surface area (Å²) in [4.78, 5) is 7.21. The molecule has 1 unspecified atom stereocenters. The second-order valence-electron chi connectivity index (χ2n) is 5.67. The fourth-order valence-corrected chi connectivity index (χ4v) is 5.35. The molecule has 1 aromatic rings. The summed E-state index contributed by atoms with van der Waals surface area (Å²) < 4.78 is 25.2. The van der Waals surface area contributed by atoms with Crippen LogP contribution in [0.1, 0.15) is 12.8 Å². The Morgan fingerprint density at radius 3 is 2.53 bits per heavy atom. The number of sulfone groups is 1. The normalized spacial score (nSPS) is 34.9. The van der Waals surface area contributed by atoms with Crippen molar-refractivity contribution >= 4 is 20.6 Å². The minimum atomic E-state index is -3.35. The largest absolute Gasteiger partial charge is 0.303 e. The first-order valence-corrected chi connectivity index (χ1v) is 8.29. The Bertz CT molecular complexity index is 658. The molecule has 19 heavy (non-hydrogen) atoms. The Labute approximate surface area is 113 Å². The number of benzene rings is 1. The minimum Gasteiger partial charge on any atom is -0.303 e. The Kier molecular flexibility index (Phi) is 2.38. The lowest BCUT2D eigenvalue weighted by molar-refractivity contribution is 0.0832. The quantitative estimate of drug-likeness (QED) is 0.786. The number of nitrogens with zero attached hydrogens (tertiary/aromatic N) is 2. The van der Waals surface area contributed by atoms with E-state index in [0.29, 0.717) is 21.5 Å². The maximum atomic E-state index is 12.6. The molecule has 1 atom stereocenters. The molecule has 0 saturated carbocycles. The molecule has 4 nitrogen and oxygen atoms in total. The highest BCUT2D eigenvalue weighted by molar-refractivity contribution is 8.07. The minimum absolute atomic E-state index is 0.0971. The number of para-hydroxylation sites is 1. The van der Waals surface area contributed by atoms with Gasteiger partial charge in [0, 0.05) is 12.5 Å². The molecule has 0 N–H and O–H groups in total. The number of hydrogen-bond donors (Lipinski definition) is 0. The van der Waals surface area contributed by atoms with Gasteiger partial charge in [-0.2, -0.15) is 0 Å². The zero-order valence-electron chi connectivity index (χ0n) is 10.6. The van der Waals surface area contributed by atoms with E-state index in [2.05, 4.69) is 9.89 Å². The van der Waals surface area contributed by atoms with E-state index < -0.39 is 9.84 Å². The number of hydrogen-bond acceptors (Lipinski definition) is 4. The van der Waals surface area contributed by atoms with Gasteiger partial charge in [0.05, 0.1) is 10.6 Å². The second-order valence-corrected chi connectivity index (χ2v) is 7.53. The predicted octanol–water partition coefficient (Wildman–Crippen LogP) is 1.85. The average molecular weight is 276 g/mol. The highest BCUT2D eigenvalue weighted by Gasteiger charge is 2.44. The van der Waals surface area contributed by atoms with E-state index in [1.165, 1.54) is 0 Å². The van der Waals surface area contributed by atoms with Gasteiger partial charge in [0.2, 0.25) is 9.84 Å². The van der Waals surface area contributed by atoms with Gasteiger partial charge in [-0.15, -0.1) is 0 Å². The summed E-state index contributed by atoms with van der Waals surface area (Å²) in [6, 6.07) is 7.08. The molecule has 3 fully saturated rings. The first kappa shape index (κ1) is 11.6. The molecule has 0 spiro atoms. The lowest BCUT2D eigenvalue weighted by Gasteiger charge is -2.44. The molecule has 4 aliphatic rings. The van der Waals surface area contributed by atoms with Crippen molar-refractivity contribution in [1.29, 1.82) is 0 Å². The predicted molar refractivity (Wildman–Crippen MR) is 73.4 cm³/mol. The highest BCUT2D eigenvalue weighted by Crippen LogP contribution is 2.41. The van der Waals surface area contributed by atoms with Crippen molar-refractivity contribution in [1.82, 2.24) is 4.90 Å². The zero-order chi connectivity index (χ0) is 13.0. The summed E-state index contributed by atoms with van der Waals surface area (Å²) in [6.45, 7) is 3.08. The van der Waals surface area contributed by atoms with Gasteiger partial charge in [-0.3, -0.25) is 0 Å². The van der Waals surface area contributed by atoms with E-state index in [9.17, 15) is 8.42 Å². The monoisotopic (exact) mass is 276 g/mol. The zero-order valence-corrected chi connectivity index (χ0v) is 11.4. The summed E-state index contributed by atoms with van der Waals surface area (Å²) in [5.74, 6) is 0.590. The lowest BCUT2D eigenvalue weighted by Crippen LogP contribution is -2.50. The van der Waals surface area contributed by atoms with Crippen LogP contribution < -0.4 is 0 Å². The molecule has 5 rings (SSSR count). The molecule has 1 aromatic carbocycles. The van der Waals surface area contributed by atoms with Crippen molar-refractivity contribution in [2.24, 2.45) is 16.8 Å². The van der Waals surface area contributed by atoms with Gasteiger partial charge >= 0.3 is 0 Å². The van der Waals surface area contributed by atoms with E-state index in [4.69, 9.17) is 0 Å². The lowest BCUT2D eigenvalue weighted by atomic mass is 9.79. The maximum absolute atomic E-state index is 12.6. The maximum Gasteiger partial charge on any atom is 0.222 e. The van der Waals surface area contributed by atoms with Crippen LogP contribution in [-0.2, 0) is 9.84 Å². The molecule has 5 heteroatoms. The van der Waals surface area contributed by atoms with Crippen LogP contribution in [0.5, 0.6) is 0 Å². The molecule has 100 valence electrons. The van der Waals surface area contributed by atoms with Crippen LogP contribution in [0.2, 0.25) is 0 Å². The summed E-state index contributed by atoms with van der Waals surface area (Å²) in [7, 11) is -3.35. The summed E-state index contributed by atoms with van der Waals surface area (Å²) >= 11 is 0. The van der Waals surface area contributed by atoms with Crippen molar-refractivity contribution in [2.75, 3.05) is 19.6 Å². The first-order valence-electron chi connectivity index (χ1n) is 6.81. The van der Waals surface area contributed by atoms with Crippen molar-refractivity contribution in [2.45, 2.75) is 17.7 Å². The molecule has 0 amide bonds. The standard InChI is InChI=1S/C14H16N2O2S/c17-19(18)13-4-2-1-3-12(13)15-14(19)11-9-16-7-5-10(11)6-8-16/h1-4,10-11H,5-9H2. The SMILES string of the molecule is O=S1(=O)C(C2CN3CCC2CC3)=Nc2ccccc21. The van der Waals surface area contributed by atoms with Gasteiger partial charge in [0.1, 0.15) is 5.04 Å². The van der Waals surface area contributed by atoms with Gasteiger partial charge in [0.25, 0.3) is 0 Å². The third-order valence-corrected chi connectivity index (χ3v) is 6.50. The van der Waals surface area contributed by atoms with Crippen LogP contribution in [0.3, 0.4) is 0 Å². The van der Waals surface area contributed by atoms with Crippen LogP contribution >= 0.6 is 0 Å².